The third-order valence-corrected chi connectivity index (χ3v) is 2.44. The first-order chi connectivity index (χ1) is 8.83. The zero-order chi connectivity index (χ0) is 12.4. The number of carbonyl (C=O) groups excluding carboxylic acids is 1. The predicted molar refractivity (Wildman–Crippen MR) is 66.1 cm³/mol. The maximum Gasteiger partial charge on any atom is 0.276 e. The van der Waals surface area contributed by atoms with E-state index in [0.29, 0.717) is 11.6 Å². The van der Waals surface area contributed by atoms with Gasteiger partial charge in [0.1, 0.15) is 12.0 Å². The summed E-state index contributed by atoms with van der Waals surface area (Å²) in [4.78, 5) is 26.7. The molecule has 0 bridgehead atoms. The van der Waals surface area contributed by atoms with Gasteiger partial charge < -0.3 is 4.98 Å². The fourth-order valence-electron chi connectivity index (χ4n) is 1.61. The minimum Gasteiger partial charge on any atom is -0.324 e. The molecule has 0 saturated heterocycles. The molecule has 0 saturated carbocycles. The number of aromatic nitrogens is 4. The van der Waals surface area contributed by atoms with Crippen LogP contribution < -0.4 is 5.32 Å². The summed E-state index contributed by atoms with van der Waals surface area (Å²) in [5, 5.41) is 2.65. The van der Waals surface area contributed by atoms with Crippen LogP contribution in [0, 0.1) is 0 Å². The molecule has 1 aromatic carbocycles. The van der Waals surface area contributed by atoms with Crippen LogP contribution in [-0.4, -0.2) is 25.8 Å². The zero-order valence-corrected chi connectivity index (χ0v) is 9.29. The molecule has 0 radical (unpaired) electrons. The van der Waals surface area contributed by atoms with Crippen LogP contribution in [0.15, 0.2) is 42.9 Å². The van der Waals surface area contributed by atoms with Gasteiger partial charge in [0.25, 0.3) is 5.91 Å². The van der Waals surface area contributed by atoms with Crippen LogP contribution in [0.25, 0.3) is 11.0 Å². The smallest absolute Gasteiger partial charge is 0.276 e. The highest BCUT2D eigenvalue weighted by Gasteiger charge is 2.09. The maximum absolute atomic E-state index is 11.8. The molecule has 0 unspecified atom stereocenters. The molecule has 6 nitrogen and oxygen atoms in total. The highest BCUT2D eigenvalue weighted by molar-refractivity contribution is 6.02. The molecule has 0 fully saturated rings. The number of amides is 1. The molecular formula is C12H9N5O. The van der Waals surface area contributed by atoms with Gasteiger partial charge in [0.15, 0.2) is 0 Å². The van der Waals surface area contributed by atoms with Crippen molar-refractivity contribution in [2.24, 2.45) is 0 Å². The molecular weight excluding hydrogens is 230 g/mol. The van der Waals surface area contributed by atoms with Gasteiger partial charge in [-0.25, -0.2) is 15.0 Å². The van der Waals surface area contributed by atoms with Crippen LogP contribution in [0.1, 0.15) is 10.5 Å². The van der Waals surface area contributed by atoms with Gasteiger partial charge in [-0.3, -0.25) is 10.1 Å². The topological polar surface area (TPSA) is 83.6 Å². The lowest BCUT2D eigenvalue weighted by molar-refractivity contribution is 0.102. The molecule has 2 heterocycles. The Morgan fingerprint density at radius 2 is 2.11 bits per heavy atom. The van der Waals surface area contributed by atoms with Gasteiger partial charge in [-0.2, -0.15) is 0 Å². The van der Waals surface area contributed by atoms with E-state index >= 15 is 0 Å². The fourth-order valence-corrected chi connectivity index (χ4v) is 1.61. The van der Waals surface area contributed by atoms with E-state index in [-0.39, 0.29) is 5.91 Å². The Labute approximate surface area is 102 Å². The molecule has 6 heteroatoms. The second-order valence-electron chi connectivity index (χ2n) is 3.65. The van der Waals surface area contributed by atoms with Crippen molar-refractivity contribution < 1.29 is 4.79 Å². The Balaban J connectivity index is 1.86. The Morgan fingerprint density at radius 3 is 2.89 bits per heavy atom. The quantitative estimate of drug-likeness (QED) is 0.711. The molecule has 3 aromatic rings. The van der Waals surface area contributed by atoms with Gasteiger partial charge in [0, 0.05) is 6.20 Å². The van der Waals surface area contributed by atoms with Gasteiger partial charge >= 0.3 is 0 Å². The van der Waals surface area contributed by atoms with E-state index in [2.05, 4.69) is 25.3 Å². The number of hydrogen-bond acceptors (Lipinski definition) is 4. The van der Waals surface area contributed by atoms with Gasteiger partial charge in [-0.05, 0) is 18.2 Å². The number of nitrogens with zero attached hydrogens (tertiary/aromatic N) is 3. The van der Waals surface area contributed by atoms with Crippen molar-refractivity contribution in [2.45, 2.75) is 0 Å². The van der Waals surface area contributed by atoms with Crippen LogP contribution in [-0.2, 0) is 0 Å². The van der Waals surface area contributed by atoms with Crippen molar-refractivity contribution in [3.8, 4) is 0 Å². The van der Waals surface area contributed by atoms with Crippen molar-refractivity contribution in [3.63, 3.8) is 0 Å². The largest absolute Gasteiger partial charge is 0.324 e. The molecule has 3 rings (SSSR count). The van der Waals surface area contributed by atoms with E-state index in [1.807, 2.05) is 24.3 Å². The number of rotatable bonds is 2. The van der Waals surface area contributed by atoms with E-state index in [4.69, 9.17) is 0 Å². The number of imidazole rings is 1. The van der Waals surface area contributed by atoms with Gasteiger partial charge in [-0.1, -0.05) is 12.1 Å². The van der Waals surface area contributed by atoms with Gasteiger partial charge in [0.05, 0.1) is 11.0 Å². The van der Waals surface area contributed by atoms with E-state index in [9.17, 15) is 4.79 Å². The molecule has 0 aliphatic heterocycles. The molecule has 1 amide bonds. The monoisotopic (exact) mass is 239 g/mol. The summed E-state index contributed by atoms with van der Waals surface area (Å²) in [5.74, 6) is 0.0799. The second-order valence-corrected chi connectivity index (χ2v) is 3.65. The number of para-hydroxylation sites is 2. The molecule has 2 N–H and O–H groups in total. The van der Waals surface area contributed by atoms with Crippen LogP contribution in [0.2, 0.25) is 0 Å². The number of nitrogens with one attached hydrogen (secondary N) is 2. The number of carbonyl (C=O) groups is 1. The third kappa shape index (κ3) is 1.91. The molecule has 0 aliphatic rings. The Morgan fingerprint density at radius 1 is 1.22 bits per heavy atom. The van der Waals surface area contributed by atoms with Crippen molar-refractivity contribution in [2.75, 3.05) is 5.32 Å². The van der Waals surface area contributed by atoms with E-state index in [1.54, 1.807) is 0 Å². The number of hydrogen-bond donors (Lipinski definition) is 2. The second kappa shape index (κ2) is 4.25. The van der Waals surface area contributed by atoms with Crippen LogP contribution >= 0.6 is 0 Å². The summed E-state index contributed by atoms with van der Waals surface area (Å²) in [7, 11) is 0. The van der Waals surface area contributed by atoms with Crippen molar-refractivity contribution in [1.82, 2.24) is 19.9 Å². The Kier molecular flexibility index (Phi) is 2.45. The predicted octanol–water partition coefficient (Wildman–Crippen LogP) is 1.61. The van der Waals surface area contributed by atoms with E-state index < -0.39 is 0 Å². The highest BCUT2D eigenvalue weighted by atomic mass is 16.2. The summed E-state index contributed by atoms with van der Waals surface area (Å²) >= 11 is 0. The standard InChI is InChI=1S/C12H9N5O/c18-11(10-5-6-13-7-14-10)17-12-15-8-3-1-2-4-9(8)16-12/h1-7H,(H2,15,16,17,18). The van der Waals surface area contributed by atoms with E-state index in [1.165, 1.54) is 18.6 Å². The summed E-state index contributed by atoms with van der Waals surface area (Å²) in [6.45, 7) is 0. The number of anilines is 1. The first-order valence-electron chi connectivity index (χ1n) is 5.35. The maximum atomic E-state index is 11.8. The lowest BCUT2D eigenvalue weighted by Crippen LogP contribution is -2.14. The van der Waals surface area contributed by atoms with Crippen molar-refractivity contribution in [1.29, 1.82) is 0 Å². The molecule has 88 valence electrons. The van der Waals surface area contributed by atoms with Crippen LogP contribution in [0.5, 0.6) is 0 Å². The lowest BCUT2D eigenvalue weighted by atomic mass is 10.3. The summed E-state index contributed by atoms with van der Waals surface area (Å²) in [5.41, 5.74) is 1.97. The molecule has 2 aromatic heterocycles. The summed E-state index contributed by atoms with van der Waals surface area (Å²) in [6.07, 6.45) is 2.84. The van der Waals surface area contributed by atoms with Crippen molar-refractivity contribution in [3.05, 3.63) is 48.5 Å². The summed E-state index contributed by atoms with van der Waals surface area (Å²) in [6, 6.07) is 9.09. The minimum absolute atomic E-state index is 0.297. The fraction of sp³-hybridized carbons (Fsp3) is 0. The van der Waals surface area contributed by atoms with Gasteiger partial charge in [0.2, 0.25) is 5.95 Å². The van der Waals surface area contributed by atoms with Crippen molar-refractivity contribution >= 4 is 22.9 Å². The Hall–Kier alpha value is -2.76. The number of H-pyrrole nitrogens is 1. The minimum atomic E-state index is -0.323. The number of fused-ring (bicyclic) bond motifs is 1. The molecule has 0 spiro atoms. The Bertz CT molecular complexity index is 659. The van der Waals surface area contributed by atoms with E-state index in [0.717, 1.165) is 11.0 Å². The third-order valence-electron chi connectivity index (χ3n) is 2.44. The molecule has 0 atom stereocenters. The van der Waals surface area contributed by atoms with Gasteiger partial charge in [-0.15, -0.1) is 0 Å². The normalized spacial score (nSPS) is 10.4. The molecule has 18 heavy (non-hydrogen) atoms. The van der Waals surface area contributed by atoms with Crippen LogP contribution in [0.3, 0.4) is 0 Å². The zero-order valence-electron chi connectivity index (χ0n) is 9.29. The first-order valence-corrected chi connectivity index (χ1v) is 5.35. The van der Waals surface area contributed by atoms with Crippen LogP contribution in [0.4, 0.5) is 5.95 Å². The number of aromatic amines is 1. The first kappa shape index (κ1) is 10.4. The SMILES string of the molecule is O=C(Nc1nc2ccccc2[nH]1)c1ccncn1. The molecule has 0 aliphatic carbocycles. The lowest BCUT2D eigenvalue weighted by Gasteiger charge is -1.99. The average molecular weight is 239 g/mol. The number of benzene rings is 1. The average Bonchev–Trinajstić information content (AvgIpc) is 2.82. The highest BCUT2D eigenvalue weighted by Crippen LogP contribution is 2.13. The summed E-state index contributed by atoms with van der Waals surface area (Å²) < 4.78 is 0.